The first kappa shape index (κ1) is 11.5. The second-order valence-corrected chi connectivity index (χ2v) is 4.57. The van der Waals surface area contributed by atoms with Gasteiger partial charge in [-0.15, -0.1) is 0 Å². The van der Waals surface area contributed by atoms with Gasteiger partial charge in [0.05, 0.1) is 0 Å². The summed E-state index contributed by atoms with van der Waals surface area (Å²) in [4.78, 5) is 0. The van der Waals surface area contributed by atoms with Crippen LogP contribution in [0, 0.1) is 0 Å². The Labute approximate surface area is 113 Å². The van der Waals surface area contributed by atoms with E-state index in [2.05, 4.69) is 54.6 Å². The molecule has 0 aromatic heterocycles. The molecule has 0 spiro atoms. The van der Waals surface area contributed by atoms with Gasteiger partial charge >= 0.3 is 0 Å². The maximum atomic E-state index is 5.85. The summed E-state index contributed by atoms with van der Waals surface area (Å²) < 4.78 is 0. The van der Waals surface area contributed by atoms with Gasteiger partial charge in [0.1, 0.15) is 0 Å². The molecule has 0 aliphatic rings. The van der Waals surface area contributed by atoms with Crippen molar-refractivity contribution in [3.8, 4) is 22.3 Å². The Hall–Kier alpha value is -2.54. The molecule has 0 radical (unpaired) electrons. The lowest BCUT2D eigenvalue weighted by atomic mass is 9.99. The molecule has 0 amide bonds. The van der Waals surface area contributed by atoms with E-state index in [0.29, 0.717) is 0 Å². The van der Waals surface area contributed by atoms with Crippen molar-refractivity contribution < 1.29 is 0 Å². The van der Waals surface area contributed by atoms with Gasteiger partial charge in [-0.2, -0.15) is 0 Å². The zero-order valence-corrected chi connectivity index (χ0v) is 10.6. The first-order chi connectivity index (χ1) is 9.33. The first-order valence-electron chi connectivity index (χ1n) is 6.34. The standard InChI is InChI=1S/C18H15N/c19-18-11-5-10-17(13-18)16-9-4-8-15(12-16)14-6-2-1-3-7-14/h1-13H,19H2. The molecular weight excluding hydrogens is 230 g/mol. The highest BCUT2D eigenvalue weighted by atomic mass is 14.5. The van der Waals surface area contributed by atoms with Gasteiger partial charge in [0.15, 0.2) is 0 Å². The highest BCUT2D eigenvalue weighted by Crippen LogP contribution is 2.27. The zero-order valence-electron chi connectivity index (χ0n) is 10.6. The van der Waals surface area contributed by atoms with E-state index >= 15 is 0 Å². The van der Waals surface area contributed by atoms with Crippen LogP contribution in [0.1, 0.15) is 0 Å². The van der Waals surface area contributed by atoms with Crippen molar-refractivity contribution in [1.82, 2.24) is 0 Å². The van der Waals surface area contributed by atoms with E-state index in [-0.39, 0.29) is 0 Å². The lowest BCUT2D eigenvalue weighted by Gasteiger charge is -2.06. The van der Waals surface area contributed by atoms with Gasteiger partial charge in [-0.05, 0) is 40.5 Å². The number of rotatable bonds is 2. The molecule has 0 unspecified atom stereocenters. The second-order valence-electron chi connectivity index (χ2n) is 4.57. The summed E-state index contributed by atoms with van der Waals surface area (Å²) in [7, 11) is 0. The Morgan fingerprint density at radius 3 is 1.68 bits per heavy atom. The summed E-state index contributed by atoms with van der Waals surface area (Å²) in [5.74, 6) is 0. The Balaban J connectivity index is 2.06. The molecule has 1 nitrogen and oxygen atoms in total. The SMILES string of the molecule is Nc1cccc(-c2cccc(-c3ccccc3)c2)c1. The fourth-order valence-electron chi connectivity index (χ4n) is 2.23. The van der Waals surface area contributed by atoms with Crippen molar-refractivity contribution in [2.45, 2.75) is 0 Å². The van der Waals surface area contributed by atoms with Crippen LogP contribution in [0.15, 0.2) is 78.9 Å². The number of anilines is 1. The lowest BCUT2D eigenvalue weighted by Crippen LogP contribution is -1.85. The van der Waals surface area contributed by atoms with Crippen molar-refractivity contribution >= 4 is 5.69 Å². The average molecular weight is 245 g/mol. The Kier molecular flexibility index (Phi) is 3.03. The normalized spacial score (nSPS) is 10.3. The fourth-order valence-corrected chi connectivity index (χ4v) is 2.23. The summed E-state index contributed by atoms with van der Waals surface area (Å²) in [6.07, 6.45) is 0. The van der Waals surface area contributed by atoms with Crippen LogP contribution in [-0.2, 0) is 0 Å². The summed E-state index contributed by atoms with van der Waals surface area (Å²) in [5.41, 5.74) is 11.4. The highest BCUT2D eigenvalue weighted by molar-refractivity contribution is 5.74. The summed E-state index contributed by atoms with van der Waals surface area (Å²) in [6, 6.07) is 26.9. The molecule has 0 saturated carbocycles. The highest BCUT2D eigenvalue weighted by Gasteiger charge is 2.01. The number of nitrogen functional groups attached to an aromatic ring is 1. The molecule has 0 atom stereocenters. The van der Waals surface area contributed by atoms with Crippen molar-refractivity contribution in [1.29, 1.82) is 0 Å². The van der Waals surface area contributed by atoms with Gasteiger partial charge in [0.2, 0.25) is 0 Å². The van der Waals surface area contributed by atoms with Gasteiger partial charge < -0.3 is 5.73 Å². The summed E-state index contributed by atoms with van der Waals surface area (Å²) in [5, 5.41) is 0. The number of benzene rings is 3. The van der Waals surface area contributed by atoms with Crippen LogP contribution in [0.25, 0.3) is 22.3 Å². The Morgan fingerprint density at radius 1 is 0.474 bits per heavy atom. The molecule has 0 aliphatic heterocycles. The van der Waals surface area contributed by atoms with Gasteiger partial charge in [-0.3, -0.25) is 0 Å². The number of hydrogen-bond donors (Lipinski definition) is 1. The maximum absolute atomic E-state index is 5.85. The molecule has 3 aromatic carbocycles. The van der Waals surface area contributed by atoms with Gasteiger partial charge in [-0.1, -0.05) is 60.7 Å². The van der Waals surface area contributed by atoms with Crippen LogP contribution in [0.2, 0.25) is 0 Å². The van der Waals surface area contributed by atoms with E-state index in [1.54, 1.807) is 0 Å². The molecule has 0 saturated heterocycles. The summed E-state index contributed by atoms with van der Waals surface area (Å²) in [6.45, 7) is 0. The van der Waals surface area contributed by atoms with Gasteiger partial charge in [0, 0.05) is 5.69 Å². The molecule has 0 heterocycles. The maximum Gasteiger partial charge on any atom is 0.0320 e. The predicted octanol–water partition coefficient (Wildman–Crippen LogP) is 4.60. The molecule has 2 N–H and O–H groups in total. The molecule has 3 rings (SSSR count). The molecular formula is C18H15N. The van der Waals surface area contributed by atoms with Gasteiger partial charge in [-0.25, -0.2) is 0 Å². The van der Waals surface area contributed by atoms with E-state index in [9.17, 15) is 0 Å². The minimum absolute atomic E-state index is 0.794. The fraction of sp³-hybridized carbons (Fsp3) is 0. The largest absolute Gasteiger partial charge is 0.399 e. The average Bonchev–Trinajstić information content (AvgIpc) is 2.48. The Bertz CT molecular complexity index is 687. The minimum Gasteiger partial charge on any atom is -0.399 e. The molecule has 0 bridgehead atoms. The zero-order chi connectivity index (χ0) is 13.1. The van der Waals surface area contributed by atoms with Crippen LogP contribution in [-0.4, -0.2) is 0 Å². The smallest absolute Gasteiger partial charge is 0.0320 e. The third kappa shape index (κ3) is 2.50. The monoisotopic (exact) mass is 245 g/mol. The van der Waals surface area contributed by atoms with Crippen LogP contribution in [0.4, 0.5) is 5.69 Å². The number of nitrogens with two attached hydrogens (primary N) is 1. The van der Waals surface area contributed by atoms with E-state index in [1.807, 2.05) is 24.3 Å². The van der Waals surface area contributed by atoms with Crippen LogP contribution in [0.5, 0.6) is 0 Å². The van der Waals surface area contributed by atoms with E-state index in [1.165, 1.54) is 16.7 Å². The third-order valence-corrected chi connectivity index (χ3v) is 3.19. The van der Waals surface area contributed by atoms with Crippen LogP contribution >= 0.6 is 0 Å². The molecule has 0 fully saturated rings. The molecule has 92 valence electrons. The third-order valence-electron chi connectivity index (χ3n) is 3.19. The minimum atomic E-state index is 0.794. The van der Waals surface area contributed by atoms with Gasteiger partial charge in [0.25, 0.3) is 0 Å². The number of hydrogen-bond acceptors (Lipinski definition) is 1. The molecule has 0 aliphatic carbocycles. The van der Waals surface area contributed by atoms with Crippen molar-refractivity contribution in [2.24, 2.45) is 0 Å². The van der Waals surface area contributed by atoms with Crippen molar-refractivity contribution in [3.63, 3.8) is 0 Å². The summed E-state index contributed by atoms with van der Waals surface area (Å²) >= 11 is 0. The Morgan fingerprint density at radius 2 is 1.00 bits per heavy atom. The van der Waals surface area contributed by atoms with E-state index in [4.69, 9.17) is 5.73 Å². The van der Waals surface area contributed by atoms with Crippen molar-refractivity contribution in [3.05, 3.63) is 78.9 Å². The topological polar surface area (TPSA) is 26.0 Å². The quantitative estimate of drug-likeness (QED) is 0.656. The van der Waals surface area contributed by atoms with E-state index < -0.39 is 0 Å². The van der Waals surface area contributed by atoms with Crippen LogP contribution < -0.4 is 5.73 Å². The lowest BCUT2D eigenvalue weighted by molar-refractivity contribution is 1.58. The molecule has 19 heavy (non-hydrogen) atoms. The van der Waals surface area contributed by atoms with E-state index in [0.717, 1.165) is 11.3 Å². The molecule has 1 heteroatoms. The van der Waals surface area contributed by atoms with Crippen molar-refractivity contribution in [2.75, 3.05) is 5.73 Å². The first-order valence-corrected chi connectivity index (χ1v) is 6.34. The predicted molar refractivity (Wildman–Crippen MR) is 81.7 cm³/mol. The van der Waals surface area contributed by atoms with Crippen LogP contribution in [0.3, 0.4) is 0 Å². The molecule has 3 aromatic rings. The second kappa shape index (κ2) is 4.99.